The van der Waals surface area contributed by atoms with Crippen LogP contribution in [0.5, 0.6) is 0 Å². The lowest BCUT2D eigenvalue weighted by atomic mass is 10.2. The van der Waals surface area contributed by atoms with Gasteiger partial charge in [0.15, 0.2) is 0 Å². The molecule has 0 bridgehead atoms. The van der Waals surface area contributed by atoms with Gasteiger partial charge in [0.05, 0.1) is 0 Å². The minimum atomic E-state index is 0.164. The zero-order valence-corrected chi connectivity index (χ0v) is 12.0. The van der Waals surface area contributed by atoms with Crippen molar-refractivity contribution in [2.24, 2.45) is 7.05 Å². The van der Waals surface area contributed by atoms with Crippen LogP contribution in [0.3, 0.4) is 0 Å². The number of carbonyl (C=O) groups excluding carboxylic acids is 1. The first-order valence-corrected chi connectivity index (χ1v) is 7.47. The summed E-state index contributed by atoms with van der Waals surface area (Å²) in [6, 6.07) is 8.09. The molecule has 104 valence electrons. The van der Waals surface area contributed by atoms with Crippen LogP contribution in [0.25, 0.3) is 0 Å². The van der Waals surface area contributed by atoms with Crippen LogP contribution in [0.4, 0.5) is 5.69 Å². The average Bonchev–Trinajstić information content (AvgIpc) is 3.05. The number of nitrogens with zero attached hydrogens (tertiary/aromatic N) is 5. The lowest BCUT2D eigenvalue weighted by Gasteiger charge is -2.16. The second-order valence-electron chi connectivity index (χ2n) is 4.61. The number of amides is 1. The highest BCUT2D eigenvalue weighted by Gasteiger charge is 2.23. The van der Waals surface area contributed by atoms with Crippen molar-refractivity contribution < 1.29 is 4.79 Å². The molecule has 1 aromatic heterocycles. The van der Waals surface area contributed by atoms with Crippen LogP contribution >= 0.6 is 11.8 Å². The molecule has 1 aliphatic heterocycles. The van der Waals surface area contributed by atoms with Crippen molar-refractivity contribution in [2.45, 2.75) is 18.0 Å². The molecule has 0 unspecified atom stereocenters. The lowest BCUT2D eigenvalue weighted by molar-refractivity contribution is -0.118. The van der Waals surface area contributed by atoms with Gasteiger partial charge in [-0.3, -0.25) is 4.79 Å². The van der Waals surface area contributed by atoms with Gasteiger partial charge in [-0.2, -0.15) is 0 Å². The second-order valence-corrected chi connectivity index (χ2v) is 5.67. The fraction of sp³-hybridized carbons (Fsp3) is 0.385. The molecule has 20 heavy (non-hydrogen) atoms. The van der Waals surface area contributed by atoms with Gasteiger partial charge in [0.25, 0.3) is 0 Å². The summed E-state index contributed by atoms with van der Waals surface area (Å²) >= 11 is 1.50. The van der Waals surface area contributed by atoms with E-state index in [0.29, 0.717) is 12.2 Å². The molecule has 0 saturated heterocycles. The summed E-state index contributed by atoms with van der Waals surface area (Å²) < 4.78 is 1.61. The quantitative estimate of drug-likeness (QED) is 0.793. The Balaban J connectivity index is 1.57. The van der Waals surface area contributed by atoms with E-state index >= 15 is 0 Å². The molecule has 7 heteroatoms. The van der Waals surface area contributed by atoms with E-state index in [-0.39, 0.29) is 5.91 Å². The molecule has 0 radical (unpaired) electrons. The molecule has 1 amide bonds. The summed E-state index contributed by atoms with van der Waals surface area (Å²) in [6.07, 6.45) is 1.44. The normalized spacial score (nSPS) is 13.6. The largest absolute Gasteiger partial charge is 0.312 e. The first kappa shape index (κ1) is 13.1. The predicted molar refractivity (Wildman–Crippen MR) is 76.6 cm³/mol. The summed E-state index contributed by atoms with van der Waals surface area (Å²) in [5, 5.41) is 12.0. The SMILES string of the molecule is Cn1nnnc1SCCC(=O)N1CCc2ccccc21. The first-order valence-electron chi connectivity index (χ1n) is 6.49. The highest BCUT2D eigenvalue weighted by atomic mass is 32.2. The van der Waals surface area contributed by atoms with Gasteiger partial charge in [0.1, 0.15) is 0 Å². The number of thioether (sulfide) groups is 1. The molecule has 2 aromatic rings. The summed E-state index contributed by atoms with van der Waals surface area (Å²) in [4.78, 5) is 14.2. The van der Waals surface area contributed by atoms with Crippen LogP contribution < -0.4 is 4.90 Å². The summed E-state index contributed by atoms with van der Waals surface area (Å²) in [5.41, 5.74) is 2.31. The molecule has 0 N–H and O–H groups in total. The van der Waals surface area contributed by atoms with Crippen molar-refractivity contribution >= 4 is 23.4 Å². The Morgan fingerprint density at radius 2 is 2.25 bits per heavy atom. The molecule has 1 aliphatic rings. The second kappa shape index (κ2) is 5.62. The van der Waals surface area contributed by atoms with Crippen LogP contribution in [-0.2, 0) is 18.3 Å². The third kappa shape index (κ3) is 2.53. The van der Waals surface area contributed by atoms with E-state index in [1.165, 1.54) is 17.3 Å². The number of benzene rings is 1. The number of hydrogen-bond donors (Lipinski definition) is 0. The van der Waals surface area contributed by atoms with Gasteiger partial charge in [-0.15, -0.1) is 5.10 Å². The number of tetrazole rings is 1. The van der Waals surface area contributed by atoms with E-state index in [1.807, 2.05) is 23.1 Å². The van der Waals surface area contributed by atoms with Crippen molar-refractivity contribution in [2.75, 3.05) is 17.2 Å². The topological polar surface area (TPSA) is 63.9 Å². The van der Waals surface area contributed by atoms with E-state index < -0.39 is 0 Å². The smallest absolute Gasteiger partial charge is 0.227 e. The minimum Gasteiger partial charge on any atom is -0.312 e. The zero-order chi connectivity index (χ0) is 13.9. The first-order chi connectivity index (χ1) is 9.75. The zero-order valence-electron chi connectivity index (χ0n) is 11.2. The summed E-state index contributed by atoms with van der Waals surface area (Å²) in [5.74, 6) is 0.851. The number of rotatable bonds is 4. The number of para-hydroxylation sites is 1. The number of aryl methyl sites for hydroxylation is 1. The molecule has 0 spiro atoms. The average molecular weight is 289 g/mol. The molecule has 0 aliphatic carbocycles. The van der Waals surface area contributed by atoms with Crippen LogP contribution in [0.15, 0.2) is 29.4 Å². The summed E-state index contributed by atoms with van der Waals surface area (Å²) in [6.45, 7) is 0.786. The fourth-order valence-corrected chi connectivity index (χ4v) is 3.08. The molecule has 6 nitrogen and oxygen atoms in total. The number of aromatic nitrogens is 4. The highest BCUT2D eigenvalue weighted by molar-refractivity contribution is 7.99. The van der Waals surface area contributed by atoms with E-state index in [2.05, 4.69) is 21.6 Å². The van der Waals surface area contributed by atoms with E-state index in [1.54, 1.807) is 11.7 Å². The Hall–Kier alpha value is -1.89. The maximum Gasteiger partial charge on any atom is 0.227 e. The Kier molecular flexibility index (Phi) is 3.68. The molecule has 3 rings (SSSR count). The number of hydrogen-bond acceptors (Lipinski definition) is 5. The third-order valence-corrected chi connectivity index (χ3v) is 4.33. The number of fused-ring (bicyclic) bond motifs is 1. The van der Waals surface area contributed by atoms with Crippen LogP contribution in [0.1, 0.15) is 12.0 Å². The van der Waals surface area contributed by atoms with Crippen molar-refractivity contribution in [3.63, 3.8) is 0 Å². The van der Waals surface area contributed by atoms with Gasteiger partial charge in [-0.05, 0) is 28.5 Å². The monoisotopic (exact) mass is 289 g/mol. The molecule has 2 heterocycles. The van der Waals surface area contributed by atoms with Gasteiger partial charge in [0.2, 0.25) is 11.1 Å². The number of anilines is 1. The maximum absolute atomic E-state index is 12.3. The van der Waals surface area contributed by atoms with Crippen molar-refractivity contribution in [1.82, 2.24) is 20.2 Å². The Bertz CT molecular complexity index is 627. The third-order valence-electron chi connectivity index (χ3n) is 3.32. The van der Waals surface area contributed by atoms with Crippen LogP contribution in [-0.4, -0.2) is 38.4 Å². The van der Waals surface area contributed by atoms with Crippen LogP contribution in [0, 0.1) is 0 Å². The fourth-order valence-electron chi connectivity index (χ4n) is 2.31. The lowest BCUT2D eigenvalue weighted by Crippen LogP contribution is -2.29. The van der Waals surface area contributed by atoms with Crippen molar-refractivity contribution in [3.05, 3.63) is 29.8 Å². The number of carbonyl (C=O) groups is 1. The van der Waals surface area contributed by atoms with E-state index in [9.17, 15) is 4.79 Å². The van der Waals surface area contributed by atoms with Gasteiger partial charge < -0.3 is 4.90 Å². The van der Waals surface area contributed by atoms with E-state index in [0.717, 1.165) is 23.8 Å². The molecule has 0 fully saturated rings. The Morgan fingerprint density at radius 1 is 1.40 bits per heavy atom. The molecule has 0 saturated carbocycles. The Morgan fingerprint density at radius 3 is 3.05 bits per heavy atom. The van der Waals surface area contributed by atoms with Crippen molar-refractivity contribution in [3.8, 4) is 0 Å². The minimum absolute atomic E-state index is 0.164. The highest BCUT2D eigenvalue weighted by Crippen LogP contribution is 2.28. The molecular formula is C13H15N5OS. The van der Waals surface area contributed by atoms with Crippen LogP contribution in [0.2, 0.25) is 0 Å². The van der Waals surface area contributed by atoms with E-state index in [4.69, 9.17) is 0 Å². The standard InChI is InChI=1S/C13H15N5OS/c1-17-13(14-15-16-17)20-9-7-12(19)18-8-6-10-4-2-3-5-11(10)18/h2-5H,6-9H2,1H3. The van der Waals surface area contributed by atoms with Crippen molar-refractivity contribution in [1.29, 1.82) is 0 Å². The van der Waals surface area contributed by atoms with Gasteiger partial charge in [-0.1, -0.05) is 30.0 Å². The van der Waals surface area contributed by atoms with Gasteiger partial charge in [-0.25, -0.2) is 4.68 Å². The van der Waals surface area contributed by atoms with Gasteiger partial charge in [0, 0.05) is 31.5 Å². The molecule has 1 aromatic carbocycles. The Labute approximate surface area is 121 Å². The predicted octanol–water partition coefficient (Wildman–Crippen LogP) is 1.28. The summed E-state index contributed by atoms with van der Waals surface area (Å²) in [7, 11) is 1.79. The molecule has 0 atom stereocenters. The maximum atomic E-state index is 12.3. The van der Waals surface area contributed by atoms with Gasteiger partial charge >= 0.3 is 0 Å². The molecular weight excluding hydrogens is 274 g/mol.